The lowest BCUT2D eigenvalue weighted by molar-refractivity contribution is 0.0754. The number of aromatic nitrogens is 3. The van der Waals surface area contributed by atoms with Crippen LogP contribution in [0.25, 0.3) is 11.0 Å². The summed E-state index contributed by atoms with van der Waals surface area (Å²) in [5.74, 6) is 0.470. The minimum atomic E-state index is 0.00261. The van der Waals surface area contributed by atoms with Crippen molar-refractivity contribution in [2.45, 2.75) is 39.2 Å². The number of aryl methyl sites for hydroxylation is 2. The fraction of sp³-hybridized carbons (Fsp3) is 0.381. The third-order valence-corrected chi connectivity index (χ3v) is 5.57. The molecule has 0 radical (unpaired) electrons. The zero-order valence-corrected chi connectivity index (χ0v) is 16.6. The number of carbonyl (C=O) groups is 1. The number of carbonyl (C=O) groups excluding carboxylic acids is 1. The Balaban J connectivity index is 1.77. The quantitative estimate of drug-likeness (QED) is 0.654. The van der Waals surface area contributed by atoms with Gasteiger partial charge in [0.05, 0.1) is 16.6 Å². The van der Waals surface area contributed by atoms with E-state index >= 15 is 0 Å². The van der Waals surface area contributed by atoms with Crippen molar-refractivity contribution in [2.24, 2.45) is 7.05 Å². The first-order valence-corrected chi connectivity index (χ1v) is 9.74. The Bertz CT molecular complexity index is 1020. The number of halogens is 1. The molecule has 0 N–H and O–H groups in total. The molecule has 2 heterocycles. The monoisotopic (exact) mass is 382 g/mol. The van der Waals surface area contributed by atoms with E-state index in [-0.39, 0.29) is 5.91 Å². The summed E-state index contributed by atoms with van der Waals surface area (Å²) < 4.78 is 1.78. The van der Waals surface area contributed by atoms with Crippen molar-refractivity contribution >= 4 is 28.5 Å². The lowest BCUT2D eigenvalue weighted by Crippen LogP contribution is -2.30. The Labute approximate surface area is 164 Å². The minimum absolute atomic E-state index is 0.00261. The van der Waals surface area contributed by atoms with Crippen molar-refractivity contribution in [3.8, 4) is 0 Å². The SMILES string of the molecule is CCN(Cc1ccccc1Cl)C(=O)c1cc(C2CC2)nc2c1c(C)nn2C. The fourth-order valence-corrected chi connectivity index (χ4v) is 3.75. The van der Waals surface area contributed by atoms with Crippen LogP contribution in [0.3, 0.4) is 0 Å². The molecule has 1 aliphatic carbocycles. The summed E-state index contributed by atoms with van der Waals surface area (Å²) in [6, 6.07) is 9.64. The van der Waals surface area contributed by atoms with Crippen molar-refractivity contribution in [3.05, 3.63) is 57.9 Å². The molecule has 3 aromatic rings. The molecule has 1 saturated carbocycles. The minimum Gasteiger partial charge on any atom is -0.335 e. The van der Waals surface area contributed by atoms with E-state index < -0.39 is 0 Å². The second-order valence-electron chi connectivity index (χ2n) is 7.19. The van der Waals surface area contributed by atoms with E-state index in [0.717, 1.165) is 40.8 Å². The van der Waals surface area contributed by atoms with E-state index in [9.17, 15) is 4.79 Å². The van der Waals surface area contributed by atoms with Gasteiger partial charge < -0.3 is 4.90 Å². The lowest BCUT2D eigenvalue weighted by atomic mass is 10.1. The number of hydrogen-bond acceptors (Lipinski definition) is 3. The van der Waals surface area contributed by atoms with Gasteiger partial charge in [-0.2, -0.15) is 5.10 Å². The highest BCUT2D eigenvalue weighted by Gasteiger charge is 2.29. The number of rotatable bonds is 5. The molecule has 1 amide bonds. The van der Waals surface area contributed by atoms with E-state index in [2.05, 4.69) is 5.10 Å². The van der Waals surface area contributed by atoms with Gasteiger partial charge in [-0.1, -0.05) is 29.8 Å². The molecule has 5 nitrogen and oxygen atoms in total. The number of fused-ring (bicyclic) bond motifs is 1. The summed E-state index contributed by atoms with van der Waals surface area (Å²) >= 11 is 6.31. The van der Waals surface area contributed by atoms with Crippen LogP contribution in [0.1, 0.15) is 53.0 Å². The maximum atomic E-state index is 13.5. The maximum Gasteiger partial charge on any atom is 0.255 e. The molecule has 1 aliphatic rings. The second-order valence-corrected chi connectivity index (χ2v) is 7.59. The van der Waals surface area contributed by atoms with E-state index in [1.54, 1.807) is 4.68 Å². The predicted octanol–water partition coefficient (Wildman–Crippen LogP) is 4.47. The molecule has 0 aliphatic heterocycles. The molecule has 0 atom stereocenters. The molecule has 0 spiro atoms. The lowest BCUT2D eigenvalue weighted by Gasteiger charge is -2.22. The molecule has 2 aromatic heterocycles. The first kappa shape index (κ1) is 18.0. The maximum absolute atomic E-state index is 13.5. The smallest absolute Gasteiger partial charge is 0.255 e. The van der Waals surface area contributed by atoms with Gasteiger partial charge in [-0.3, -0.25) is 9.48 Å². The van der Waals surface area contributed by atoms with Crippen LogP contribution in [-0.2, 0) is 13.6 Å². The number of hydrogen-bond donors (Lipinski definition) is 0. The van der Waals surface area contributed by atoms with Crippen LogP contribution < -0.4 is 0 Å². The van der Waals surface area contributed by atoms with E-state index in [4.69, 9.17) is 16.6 Å². The van der Waals surface area contributed by atoms with E-state index in [1.807, 2.05) is 56.1 Å². The number of pyridine rings is 1. The van der Waals surface area contributed by atoms with Gasteiger partial charge in [0, 0.05) is 36.8 Å². The Morgan fingerprint density at radius 1 is 1.33 bits per heavy atom. The fourth-order valence-electron chi connectivity index (χ4n) is 3.55. The van der Waals surface area contributed by atoms with Gasteiger partial charge in [0.25, 0.3) is 5.91 Å². The van der Waals surface area contributed by atoms with Crippen LogP contribution in [0.15, 0.2) is 30.3 Å². The first-order chi connectivity index (χ1) is 13.0. The van der Waals surface area contributed by atoms with Gasteiger partial charge in [0.2, 0.25) is 0 Å². The van der Waals surface area contributed by atoms with Crippen LogP contribution in [0, 0.1) is 6.92 Å². The summed E-state index contributed by atoms with van der Waals surface area (Å²) in [6.45, 7) is 5.01. The molecule has 1 fully saturated rings. The molecule has 4 rings (SSSR count). The van der Waals surface area contributed by atoms with Crippen LogP contribution in [0.2, 0.25) is 5.02 Å². The highest BCUT2D eigenvalue weighted by atomic mass is 35.5. The van der Waals surface area contributed by atoms with Crippen molar-refractivity contribution in [1.82, 2.24) is 19.7 Å². The first-order valence-electron chi connectivity index (χ1n) is 9.36. The third-order valence-electron chi connectivity index (χ3n) is 5.20. The van der Waals surface area contributed by atoms with Gasteiger partial charge in [-0.15, -0.1) is 0 Å². The van der Waals surface area contributed by atoms with Gasteiger partial charge >= 0.3 is 0 Å². The topological polar surface area (TPSA) is 51.0 Å². The van der Waals surface area contributed by atoms with Crippen molar-refractivity contribution < 1.29 is 4.79 Å². The van der Waals surface area contributed by atoms with Crippen molar-refractivity contribution in [3.63, 3.8) is 0 Å². The van der Waals surface area contributed by atoms with Crippen molar-refractivity contribution in [2.75, 3.05) is 6.54 Å². The largest absolute Gasteiger partial charge is 0.335 e. The molecular weight excluding hydrogens is 360 g/mol. The number of nitrogens with zero attached hydrogens (tertiary/aromatic N) is 4. The Hall–Kier alpha value is -2.40. The molecule has 0 unspecified atom stereocenters. The van der Waals surface area contributed by atoms with Crippen LogP contribution >= 0.6 is 11.6 Å². The molecule has 27 heavy (non-hydrogen) atoms. The molecule has 1 aromatic carbocycles. The average molecular weight is 383 g/mol. The molecule has 0 bridgehead atoms. The van der Waals surface area contributed by atoms with Crippen LogP contribution in [0.5, 0.6) is 0 Å². The normalized spacial score (nSPS) is 13.9. The summed E-state index contributed by atoms with van der Waals surface area (Å²) in [4.78, 5) is 20.1. The van der Waals surface area contributed by atoms with E-state index in [1.165, 1.54) is 0 Å². The molecule has 6 heteroatoms. The Morgan fingerprint density at radius 3 is 2.74 bits per heavy atom. The highest BCUT2D eigenvalue weighted by molar-refractivity contribution is 6.31. The van der Waals surface area contributed by atoms with Crippen molar-refractivity contribution in [1.29, 1.82) is 0 Å². The highest BCUT2D eigenvalue weighted by Crippen LogP contribution is 2.40. The second kappa shape index (κ2) is 6.97. The Morgan fingerprint density at radius 2 is 2.07 bits per heavy atom. The molecule has 0 saturated heterocycles. The van der Waals surface area contributed by atoms with Crippen LogP contribution in [-0.4, -0.2) is 32.1 Å². The Kier molecular flexibility index (Phi) is 4.64. The standard InChI is InChI=1S/C21H23ClN4O/c1-4-26(12-15-7-5-6-8-17(15)22)21(27)16-11-18(14-9-10-14)23-20-19(16)13(2)24-25(20)3/h5-8,11,14H,4,9-10,12H2,1-3H3. The number of amides is 1. The van der Waals surface area contributed by atoms with Crippen LogP contribution in [0.4, 0.5) is 0 Å². The van der Waals surface area contributed by atoms with Gasteiger partial charge in [0.1, 0.15) is 0 Å². The summed E-state index contributed by atoms with van der Waals surface area (Å²) in [7, 11) is 1.88. The number of benzene rings is 1. The zero-order chi connectivity index (χ0) is 19.1. The van der Waals surface area contributed by atoms with E-state index in [0.29, 0.717) is 29.6 Å². The summed E-state index contributed by atoms with van der Waals surface area (Å²) in [6.07, 6.45) is 2.28. The summed E-state index contributed by atoms with van der Waals surface area (Å²) in [5.41, 5.74) is 4.27. The predicted molar refractivity (Wildman–Crippen MR) is 107 cm³/mol. The summed E-state index contributed by atoms with van der Waals surface area (Å²) in [5, 5.41) is 6.03. The molecular formula is C21H23ClN4O. The zero-order valence-electron chi connectivity index (χ0n) is 15.9. The third kappa shape index (κ3) is 3.32. The molecule has 140 valence electrons. The van der Waals surface area contributed by atoms with Gasteiger partial charge in [-0.05, 0) is 44.4 Å². The van der Waals surface area contributed by atoms with Gasteiger partial charge in [0.15, 0.2) is 5.65 Å². The average Bonchev–Trinajstić information content (AvgIpc) is 3.47. The van der Waals surface area contributed by atoms with Gasteiger partial charge in [-0.25, -0.2) is 4.98 Å².